The van der Waals surface area contributed by atoms with Gasteiger partial charge < -0.3 is 13.9 Å². The molecule has 0 radical (unpaired) electrons. The van der Waals surface area contributed by atoms with Crippen molar-refractivity contribution >= 4 is 16.9 Å². The molecule has 0 aliphatic carbocycles. The lowest BCUT2D eigenvalue weighted by molar-refractivity contribution is 0.0473. The molecule has 140 valence electrons. The van der Waals surface area contributed by atoms with Crippen LogP contribution in [-0.4, -0.2) is 13.1 Å². The molecule has 0 fully saturated rings. The highest BCUT2D eigenvalue weighted by Crippen LogP contribution is 2.27. The third-order valence-corrected chi connectivity index (χ3v) is 4.50. The standard InChI is InChI=1S/C22H22O5/c1-13(2)18-11-19-16(10-21(23)27-20(19)8-14(18)3)12-26-22(24)15-6-5-7-17(9-15)25-4/h5-11,13H,12H2,1-4H3. The van der Waals surface area contributed by atoms with Gasteiger partial charge in [0.05, 0.1) is 12.7 Å². The van der Waals surface area contributed by atoms with Crippen LogP contribution in [0.4, 0.5) is 0 Å². The number of carbonyl (C=O) groups excluding carboxylic acids is 1. The number of ether oxygens (including phenoxy) is 2. The van der Waals surface area contributed by atoms with Crippen molar-refractivity contribution < 1.29 is 18.7 Å². The quantitative estimate of drug-likeness (QED) is 0.488. The number of fused-ring (bicyclic) bond motifs is 1. The number of carbonyl (C=O) groups is 1. The normalized spacial score (nSPS) is 11.0. The summed E-state index contributed by atoms with van der Waals surface area (Å²) in [5.74, 6) is 0.423. The number of methoxy groups -OCH3 is 1. The molecule has 5 heteroatoms. The fourth-order valence-electron chi connectivity index (χ4n) is 3.11. The molecule has 1 heterocycles. The number of esters is 1. The molecule has 0 aliphatic rings. The van der Waals surface area contributed by atoms with Crippen LogP contribution in [0.5, 0.6) is 5.75 Å². The zero-order chi connectivity index (χ0) is 19.6. The van der Waals surface area contributed by atoms with Gasteiger partial charge in [0, 0.05) is 17.0 Å². The monoisotopic (exact) mass is 366 g/mol. The summed E-state index contributed by atoms with van der Waals surface area (Å²) < 4.78 is 15.9. The molecule has 2 aromatic carbocycles. The average Bonchev–Trinajstić information content (AvgIpc) is 2.64. The van der Waals surface area contributed by atoms with Gasteiger partial charge >= 0.3 is 11.6 Å². The van der Waals surface area contributed by atoms with E-state index in [0.717, 1.165) is 16.5 Å². The highest BCUT2D eigenvalue weighted by atomic mass is 16.5. The summed E-state index contributed by atoms with van der Waals surface area (Å²) in [5, 5.41) is 0.780. The van der Waals surface area contributed by atoms with E-state index in [9.17, 15) is 9.59 Å². The smallest absolute Gasteiger partial charge is 0.338 e. The van der Waals surface area contributed by atoms with E-state index in [4.69, 9.17) is 13.9 Å². The van der Waals surface area contributed by atoms with Crippen molar-refractivity contribution in [1.82, 2.24) is 0 Å². The van der Waals surface area contributed by atoms with Gasteiger partial charge in [-0.3, -0.25) is 0 Å². The van der Waals surface area contributed by atoms with Gasteiger partial charge in [0.2, 0.25) is 0 Å². The zero-order valence-electron chi connectivity index (χ0n) is 15.9. The summed E-state index contributed by atoms with van der Waals surface area (Å²) >= 11 is 0. The highest BCUT2D eigenvalue weighted by molar-refractivity contribution is 5.90. The van der Waals surface area contributed by atoms with Gasteiger partial charge in [-0.15, -0.1) is 0 Å². The Kier molecular flexibility index (Phi) is 5.31. The molecule has 1 aromatic heterocycles. The number of hydrogen-bond acceptors (Lipinski definition) is 5. The predicted molar refractivity (Wildman–Crippen MR) is 103 cm³/mol. The first-order valence-corrected chi connectivity index (χ1v) is 8.77. The molecule has 0 spiro atoms. The van der Waals surface area contributed by atoms with Gasteiger partial charge in [-0.2, -0.15) is 0 Å². The Bertz CT molecular complexity index is 1050. The molecule has 27 heavy (non-hydrogen) atoms. The van der Waals surface area contributed by atoms with E-state index in [1.807, 2.05) is 19.1 Å². The minimum absolute atomic E-state index is 0.0151. The van der Waals surface area contributed by atoms with Crippen LogP contribution in [-0.2, 0) is 11.3 Å². The lowest BCUT2D eigenvalue weighted by Crippen LogP contribution is -2.08. The lowest BCUT2D eigenvalue weighted by atomic mass is 9.95. The van der Waals surface area contributed by atoms with Crippen LogP contribution in [0.15, 0.2) is 51.7 Å². The minimum atomic E-state index is -0.480. The first-order valence-electron chi connectivity index (χ1n) is 8.77. The second kappa shape index (κ2) is 7.66. The minimum Gasteiger partial charge on any atom is -0.497 e. The van der Waals surface area contributed by atoms with Crippen molar-refractivity contribution in [2.75, 3.05) is 7.11 Å². The number of hydrogen-bond donors (Lipinski definition) is 0. The van der Waals surface area contributed by atoms with E-state index in [1.165, 1.54) is 13.2 Å². The van der Waals surface area contributed by atoms with Crippen LogP contribution < -0.4 is 10.4 Å². The van der Waals surface area contributed by atoms with E-state index in [-0.39, 0.29) is 6.61 Å². The maximum atomic E-state index is 12.4. The summed E-state index contributed by atoms with van der Waals surface area (Å²) in [7, 11) is 1.54. The van der Waals surface area contributed by atoms with Gasteiger partial charge in [-0.05, 0) is 54.3 Å². The van der Waals surface area contributed by atoms with E-state index < -0.39 is 11.6 Å². The first-order chi connectivity index (χ1) is 12.9. The number of aryl methyl sites for hydroxylation is 1. The lowest BCUT2D eigenvalue weighted by Gasteiger charge is -2.13. The van der Waals surface area contributed by atoms with Crippen LogP contribution >= 0.6 is 0 Å². The van der Waals surface area contributed by atoms with Gasteiger partial charge in [0.25, 0.3) is 0 Å². The van der Waals surface area contributed by atoms with Crippen molar-refractivity contribution in [3.05, 3.63) is 75.1 Å². The van der Waals surface area contributed by atoms with Crippen LogP contribution in [0.3, 0.4) is 0 Å². The fourth-order valence-corrected chi connectivity index (χ4v) is 3.11. The maximum absolute atomic E-state index is 12.4. The van der Waals surface area contributed by atoms with E-state index in [0.29, 0.717) is 28.4 Å². The molecule has 0 bridgehead atoms. The van der Waals surface area contributed by atoms with Crippen molar-refractivity contribution in [3.8, 4) is 5.75 Å². The summed E-state index contributed by atoms with van der Waals surface area (Å²) in [4.78, 5) is 24.3. The van der Waals surface area contributed by atoms with Crippen molar-refractivity contribution in [2.24, 2.45) is 0 Å². The highest BCUT2D eigenvalue weighted by Gasteiger charge is 2.14. The molecule has 3 aromatic rings. The summed E-state index contributed by atoms with van der Waals surface area (Å²) in [6, 6.07) is 12.0. The Balaban J connectivity index is 1.92. The summed E-state index contributed by atoms with van der Waals surface area (Å²) in [5.41, 5.74) is 3.27. The average molecular weight is 366 g/mol. The second-order valence-corrected chi connectivity index (χ2v) is 6.76. The number of benzene rings is 2. The molecular weight excluding hydrogens is 344 g/mol. The van der Waals surface area contributed by atoms with Gasteiger partial charge in [-0.25, -0.2) is 9.59 Å². The van der Waals surface area contributed by atoms with Crippen molar-refractivity contribution in [3.63, 3.8) is 0 Å². The Labute approximate surface area is 157 Å². The third kappa shape index (κ3) is 4.03. The molecule has 0 saturated heterocycles. The molecule has 3 rings (SSSR count). The van der Waals surface area contributed by atoms with Crippen LogP contribution in [0, 0.1) is 6.92 Å². The molecule has 0 amide bonds. The third-order valence-electron chi connectivity index (χ3n) is 4.50. The molecule has 0 unspecified atom stereocenters. The SMILES string of the molecule is COc1cccc(C(=O)OCc2cc(=O)oc3cc(C)c(C(C)C)cc23)c1. The Morgan fingerprint density at radius 1 is 1.15 bits per heavy atom. The summed E-state index contributed by atoms with van der Waals surface area (Å²) in [6.45, 7) is 6.19. The van der Waals surface area contributed by atoms with Gasteiger partial charge in [0.15, 0.2) is 0 Å². The Morgan fingerprint density at radius 2 is 1.93 bits per heavy atom. The van der Waals surface area contributed by atoms with Crippen molar-refractivity contribution in [2.45, 2.75) is 33.3 Å². The van der Waals surface area contributed by atoms with Crippen LogP contribution in [0.25, 0.3) is 11.0 Å². The second-order valence-electron chi connectivity index (χ2n) is 6.76. The van der Waals surface area contributed by atoms with Crippen LogP contribution in [0.2, 0.25) is 0 Å². The van der Waals surface area contributed by atoms with Crippen molar-refractivity contribution in [1.29, 1.82) is 0 Å². The molecule has 5 nitrogen and oxygen atoms in total. The van der Waals surface area contributed by atoms with E-state index in [2.05, 4.69) is 13.8 Å². The van der Waals surface area contributed by atoms with E-state index >= 15 is 0 Å². The Morgan fingerprint density at radius 3 is 2.63 bits per heavy atom. The maximum Gasteiger partial charge on any atom is 0.338 e. The molecule has 0 aliphatic heterocycles. The molecular formula is C22H22O5. The fraction of sp³-hybridized carbons (Fsp3) is 0.273. The molecule has 0 N–H and O–H groups in total. The van der Waals surface area contributed by atoms with Gasteiger partial charge in [-0.1, -0.05) is 19.9 Å². The number of rotatable bonds is 5. The zero-order valence-corrected chi connectivity index (χ0v) is 15.9. The topological polar surface area (TPSA) is 65.7 Å². The largest absolute Gasteiger partial charge is 0.497 e. The van der Waals surface area contributed by atoms with Gasteiger partial charge in [0.1, 0.15) is 17.9 Å². The first kappa shape index (κ1) is 18.7. The predicted octanol–water partition coefficient (Wildman–Crippen LogP) is 4.59. The Hall–Kier alpha value is -3.08. The van der Waals surface area contributed by atoms with Crippen LogP contribution in [0.1, 0.15) is 46.8 Å². The molecule has 0 saturated carbocycles. The summed E-state index contributed by atoms with van der Waals surface area (Å²) in [6.07, 6.45) is 0. The van der Waals surface area contributed by atoms with E-state index in [1.54, 1.807) is 24.3 Å². The molecule has 0 atom stereocenters.